The first kappa shape index (κ1) is 15.2. The van der Waals surface area contributed by atoms with Crippen molar-refractivity contribution in [3.05, 3.63) is 23.9 Å². The van der Waals surface area contributed by atoms with Crippen LogP contribution in [0.5, 0.6) is 0 Å². The maximum absolute atomic E-state index is 12.0. The number of hydrogen-bond donors (Lipinski definition) is 1. The van der Waals surface area contributed by atoms with Crippen molar-refractivity contribution in [1.29, 1.82) is 0 Å². The molecule has 6 nitrogen and oxygen atoms in total. The van der Waals surface area contributed by atoms with E-state index in [0.717, 1.165) is 37.6 Å². The van der Waals surface area contributed by atoms with Crippen molar-refractivity contribution in [2.75, 3.05) is 38.1 Å². The summed E-state index contributed by atoms with van der Waals surface area (Å²) in [5.41, 5.74) is 0.990. The number of nitrogens with zero attached hydrogens (tertiary/aromatic N) is 4. The molecule has 0 spiro atoms. The number of hydrogen-bond acceptors (Lipinski definition) is 5. The lowest BCUT2D eigenvalue weighted by Crippen LogP contribution is -2.44. The number of piperazine rings is 1. The van der Waals surface area contributed by atoms with Crippen molar-refractivity contribution in [2.24, 2.45) is 0 Å². The van der Waals surface area contributed by atoms with Gasteiger partial charge in [0.2, 0.25) is 0 Å². The van der Waals surface area contributed by atoms with Gasteiger partial charge in [-0.3, -0.25) is 9.69 Å². The van der Waals surface area contributed by atoms with Crippen LogP contribution in [0.25, 0.3) is 0 Å². The Balaban J connectivity index is 1.65. The van der Waals surface area contributed by atoms with Crippen LogP contribution in [0, 0.1) is 0 Å². The molecule has 3 heterocycles. The molecule has 2 aliphatic heterocycles. The Morgan fingerprint density at radius 1 is 1.32 bits per heavy atom. The summed E-state index contributed by atoms with van der Waals surface area (Å²) in [6, 6.07) is 3.82. The van der Waals surface area contributed by atoms with Crippen LogP contribution in [0.15, 0.2) is 18.3 Å². The lowest BCUT2D eigenvalue weighted by Gasteiger charge is -2.33. The van der Waals surface area contributed by atoms with Gasteiger partial charge in [0.1, 0.15) is 11.9 Å². The van der Waals surface area contributed by atoms with Crippen molar-refractivity contribution in [3.63, 3.8) is 0 Å². The monoisotopic (exact) mass is 319 g/mol. The summed E-state index contributed by atoms with van der Waals surface area (Å²) in [6.07, 6.45) is 1.84. The molecule has 2 fully saturated rings. The molecule has 1 unspecified atom stereocenters. The van der Waals surface area contributed by atoms with Crippen LogP contribution < -0.4 is 10.2 Å². The normalized spacial score (nSPS) is 23.1. The van der Waals surface area contributed by atoms with Crippen LogP contribution in [0.2, 0.25) is 0 Å². The van der Waals surface area contributed by atoms with Crippen LogP contribution >= 0.6 is 12.2 Å². The first-order chi connectivity index (χ1) is 10.5. The van der Waals surface area contributed by atoms with Gasteiger partial charge in [0.05, 0.1) is 6.54 Å². The zero-order valence-electron chi connectivity index (χ0n) is 13.0. The van der Waals surface area contributed by atoms with Gasteiger partial charge in [-0.1, -0.05) is 6.07 Å². The molecule has 0 saturated carbocycles. The summed E-state index contributed by atoms with van der Waals surface area (Å²) in [6.45, 7) is 6.42. The van der Waals surface area contributed by atoms with Crippen LogP contribution in [-0.4, -0.2) is 65.1 Å². The average molecular weight is 319 g/mol. The van der Waals surface area contributed by atoms with Crippen LogP contribution in [-0.2, 0) is 11.3 Å². The van der Waals surface area contributed by atoms with E-state index < -0.39 is 0 Å². The van der Waals surface area contributed by atoms with Crippen LogP contribution in [0.1, 0.15) is 12.5 Å². The number of aromatic nitrogens is 1. The summed E-state index contributed by atoms with van der Waals surface area (Å²) >= 11 is 5.19. The molecule has 1 aromatic heterocycles. The molecule has 2 aliphatic rings. The second kappa shape index (κ2) is 6.18. The van der Waals surface area contributed by atoms with Crippen LogP contribution in [0.4, 0.5) is 5.82 Å². The van der Waals surface area contributed by atoms with Gasteiger partial charge in [-0.05, 0) is 37.8 Å². The zero-order chi connectivity index (χ0) is 15.7. The highest BCUT2D eigenvalue weighted by molar-refractivity contribution is 7.80. The topological polar surface area (TPSA) is 51.7 Å². The molecule has 1 N–H and O–H groups in total. The number of amides is 1. The third-order valence-corrected chi connectivity index (χ3v) is 4.54. The van der Waals surface area contributed by atoms with Crippen LogP contribution in [0.3, 0.4) is 0 Å². The molecular weight excluding hydrogens is 298 g/mol. The van der Waals surface area contributed by atoms with Gasteiger partial charge in [0.25, 0.3) is 5.91 Å². The van der Waals surface area contributed by atoms with Crippen molar-refractivity contribution in [1.82, 2.24) is 20.1 Å². The minimum absolute atomic E-state index is 0.0214. The summed E-state index contributed by atoms with van der Waals surface area (Å²) in [4.78, 5) is 22.8. The van der Waals surface area contributed by atoms with Gasteiger partial charge in [-0.15, -0.1) is 0 Å². The second-order valence-corrected chi connectivity index (χ2v) is 6.30. The Morgan fingerprint density at radius 3 is 2.59 bits per heavy atom. The molecule has 2 saturated heterocycles. The van der Waals surface area contributed by atoms with Gasteiger partial charge in [0.15, 0.2) is 5.11 Å². The maximum Gasteiger partial charge on any atom is 0.251 e. The van der Waals surface area contributed by atoms with Crippen molar-refractivity contribution in [3.8, 4) is 0 Å². The fraction of sp³-hybridized carbons (Fsp3) is 0.533. The highest BCUT2D eigenvalue weighted by Crippen LogP contribution is 2.16. The quantitative estimate of drug-likeness (QED) is 0.816. The molecule has 0 bridgehead atoms. The molecule has 3 rings (SSSR count). The zero-order valence-corrected chi connectivity index (χ0v) is 13.8. The number of pyridine rings is 1. The predicted molar refractivity (Wildman–Crippen MR) is 89.7 cm³/mol. The summed E-state index contributed by atoms with van der Waals surface area (Å²) in [5.74, 6) is 1.02. The largest absolute Gasteiger partial charge is 0.354 e. The summed E-state index contributed by atoms with van der Waals surface area (Å²) < 4.78 is 0. The molecule has 0 aromatic carbocycles. The highest BCUT2D eigenvalue weighted by atomic mass is 32.1. The number of likely N-dealkylation sites (N-methyl/N-ethyl adjacent to an activating group) is 1. The number of carbonyl (C=O) groups excluding carboxylic acids is 1. The minimum atomic E-state index is -0.231. The molecule has 22 heavy (non-hydrogen) atoms. The van der Waals surface area contributed by atoms with Crippen molar-refractivity contribution in [2.45, 2.75) is 19.5 Å². The maximum atomic E-state index is 12.0. The van der Waals surface area contributed by atoms with Gasteiger partial charge < -0.3 is 15.1 Å². The van der Waals surface area contributed by atoms with E-state index in [4.69, 9.17) is 12.2 Å². The number of thiocarbonyl (C=S) groups is 1. The number of carbonyl (C=O) groups is 1. The van der Waals surface area contributed by atoms with E-state index in [1.54, 1.807) is 4.90 Å². The minimum Gasteiger partial charge on any atom is -0.354 e. The number of anilines is 1. The van der Waals surface area contributed by atoms with Gasteiger partial charge >= 0.3 is 0 Å². The number of rotatable bonds is 3. The Morgan fingerprint density at radius 2 is 2.05 bits per heavy atom. The lowest BCUT2D eigenvalue weighted by molar-refractivity contribution is -0.127. The fourth-order valence-corrected chi connectivity index (χ4v) is 3.06. The highest BCUT2D eigenvalue weighted by Gasteiger charge is 2.32. The third-order valence-electron chi connectivity index (χ3n) is 4.20. The molecule has 0 radical (unpaired) electrons. The Bertz CT molecular complexity index is 568. The van der Waals surface area contributed by atoms with Crippen molar-refractivity contribution >= 4 is 29.1 Å². The smallest absolute Gasteiger partial charge is 0.251 e. The average Bonchev–Trinajstić information content (AvgIpc) is 2.75. The first-order valence-corrected chi connectivity index (χ1v) is 7.96. The van der Waals surface area contributed by atoms with E-state index in [0.29, 0.717) is 11.7 Å². The first-order valence-electron chi connectivity index (χ1n) is 7.55. The van der Waals surface area contributed by atoms with Gasteiger partial charge in [-0.25, -0.2) is 4.98 Å². The molecule has 7 heteroatoms. The predicted octanol–water partition coefficient (Wildman–Crippen LogP) is 0.439. The SMILES string of the molecule is CC1NC(=S)N(Cc2ccc(N3CCN(C)CC3)nc2)C1=O. The molecule has 0 aliphatic carbocycles. The Hall–Kier alpha value is -1.73. The summed E-state index contributed by atoms with van der Waals surface area (Å²) in [7, 11) is 2.14. The second-order valence-electron chi connectivity index (χ2n) is 5.91. The van der Waals surface area contributed by atoms with Crippen molar-refractivity contribution < 1.29 is 4.79 Å². The molecule has 118 valence electrons. The van der Waals surface area contributed by atoms with Gasteiger partial charge in [-0.2, -0.15) is 0 Å². The lowest BCUT2D eigenvalue weighted by atomic mass is 10.2. The van der Waals surface area contributed by atoms with E-state index in [-0.39, 0.29) is 11.9 Å². The molecule has 1 amide bonds. The molecule has 1 aromatic rings. The van der Waals surface area contributed by atoms with E-state index >= 15 is 0 Å². The van der Waals surface area contributed by atoms with E-state index in [9.17, 15) is 4.79 Å². The van der Waals surface area contributed by atoms with E-state index in [1.165, 1.54) is 0 Å². The Kier molecular flexibility index (Phi) is 4.26. The standard InChI is InChI=1S/C15H21N5OS/c1-11-14(21)20(15(22)17-11)10-12-3-4-13(16-9-12)19-7-5-18(2)6-8-19/h3-4,9,11H,5-8,10H2,1-2H3,(H,17,22). The van der Waals surface area contributed by atoms with E-state index in [1.807, 2.05) is 25.3 Å². The fourth-order valence-electron chi connectivity index (χ4n) is 2.72. The molecule has 1 atom stereocenters. The molecular formula is C15H21N5OS. The summed E-state index contributed by atoms with van der Waals surface area (Å²) in [5, 5.41) is 3.48. The third kappa shape index (κ3) is 3.05. The number of nitrogens with one attached hydrogen (secondary N) is 1. The Labute approximate surface area is 136 Å². The van der Waals surface area contributed by atoms with E-state index in [2.05, 4.69) is 27.1 Å². The van der Waals surface area contributed by atoms with Gasteiger partial charge in [0, 0.05) is 32.4 Å².